The first kappa shape index (κ1) is 20.1. The molecule has 0 radical (unpaired) electrons. The fourth-order valence-corrected chi connectivity index (χ4v) is 2.41. The Labute approximate surface area is 158 Å². The largest absolute Gasteiger partial charge is 0.497 e. The molecule has 7 nitrogen and oxygen atoms in total. The van der Waals surface area contributed by atoms with Gasteiger partial charge in [0.25, 0.3) is 5.91 Å². The number of benzene rings is 2. The molecule has 0 aliphatic heterocycles. The van der Waals surface area contributed by atoms with Gasteiger partial charge in [-0.15, -0.1) is 0 Å². The van der Waals surface area contributed by atoms with Gasteiger partial charge in [-0.1, -0.05) is 0 Å². The minimum Gasteiger partial charge on any atom is -0.497 e. The van der Waals surface area contributed by atoms with Crippen LogP contribution in [0.1, 0.15) is 22.8 Å². The molecule has 0 saturated carbocycles. The zero-order chi connectivity index (χ0) is 19.8. The third-order valence-corrected chi connectivity index (χ3v) is 3.89. The smallest absolute Gasteiger partial charge is 0.258 e. The molecule has 0 heterocycles. The second-order valence-corrected chi connectivity index (χ2v) is 5.67. The van der Waals surface area contributed by atoms with Gasteiger partial charge in [-0.25, -0.2) is 0 Å². The highest BCUT2D eigenvalue weighted by Crippen LogP contribution is 2.28. The van der Waals surface area contributed by atoms with Crippen molar-refractivity contribution in [1.82, 2.24) is 5.32 Å². The highest BCUT2D eigenvalue weighted by Gasteiger charge is 2.11. The molecule has 0 spiro atoms. The zero-order valence-electron chi connectivity index (χ0n) is 15.8. The Morgan fingerprint density at radius 1 is 0.889 bits per heavy atom. The number of ketones is 1. The Kier molecular flexibility index (Phi) is 7.05. The van der Waals surface area contributed by atoms with Gasteiger partial charge in [0.1, 0.15) is 11.5 Å². The van der Waals surface area contributed by atoms with Gasteiger partial charge in [0.15, 0.2) is 23.9 Å². The molecular weight excluding hydrogens is 350 g/mol. The molecule has 1 N–H and O–H groups in total. The van der Waals surface area contributed by atoms with Crippen molar-refractivity contribution in [2.45, 2.75) is 13.5 Å². The van der Waals surface area contributed by atoms with Crippen LogP contribution in [-0.2, 0) is 11.3 Å². The summed E-state index contributed by atoms with van der Waals surface area (Å²) in [6.45, 7) is 1.54. The molecule has 27 heavy (non-hydrogen) atoms. The highest BCUT2D eigenvalue weighted by atomic mass is 16.5. The summed E-state index contributed by atoms with van der Waals surface area (Å²) >= 11 is 0. The average Bonchev–Trinajstić information content (AvgIpc) is 2.69. The van der Waals surface area contributed by atoms with Crippen molar-refractivity contribution in [3.8, 4) is 23.0 Å². The van der Waals surface area contributed by atoms with Crippen LogP contribution in [0.3, 0.4) is 0 Å². The van der Waals surface area contributed by atoms with Crippen LogP contribution in [0.4, 0.5) is 0 Å². The van der Waals surface area contributed by atoms with Gasteiger partial charge >= 0.3 is 0 Å². The summed E-state index contributed by atoms with van der Waals surface area (Å²) in [5, 5.41) is 2.77. The van der Waals surface area contributed by atoms with E-state index in [1.165, 1.54) is 14.0 Å². The molecule has 0 saturated heterocycles. The minimum atomic E-state index is -0.308. The van der Waals surface area contributed by atoms with Crippen molar-refractivity contribution in [2.24, 2.45) is 0 Å². The molecule has 0 atom stereocenters. The van der Waals surface area contributed by atoms with Gasteiger partial charge in [-0.3, -0.25) is 9.59 Å². The van der Waals surface area contributed by atoms with Crippen molar-refractivity contribution in [1.29, 1.82) is 0 Å². The van der Waals surface area contributed by atoms with E-state index in [0.717, 1.165) is 5.56 Å². The van der Waals surface area contributed by atoms with Crippen molar-refractivity contribution in [2.75, 3.05) is 27.9 Å². The van der Waals surface area contributed by atoms with E-state index >= 15 is 0 Å². The van der Waals surface area contributed by atoms with Gasteiger partial charge in [0, 0.05) is 17.7 Å². The fourth-order valence-electron chi connectivity index (χ4n) is 2.41. The number of methoxy groups -OCH3 is 3. The summed E-state index contributed by atoms with van der Waals surface area (Å²) in [6, 6.07) is 10.2. The molecule has 0 aliphatic rings. The van der Waals surface area contributed by atoms with E-state index in [2.05, 4.69) is 5.32 Å². The van der Waals surface area contributed by atoms with E-state index < -0.39 is 0 Å². The summed E-state index contributed by atoms with van der Waals surface area (Å²) < 4.78 is 21.2. The number of Topliss-reactive ketones (excluding diaryl/α,β-unsaturated/α-hetero) is 1. The monoisotopic (exact) mass is 373 g/mol. The van der Waals surface area contributed by atoms with E-state index in [4.69, 9.17) is 18.9 Å². The fraction of sp³-hybridized carbons (Fsp3) is 0.300. The first-order valence-corrected chi connectivity index (χ1v) is 8.27. The van der Waals surface area contributed by atoms with Crippen LogP contribution < -0.4 is 24.3 Å². The normalized spacial score (nSPS) is 10.1. The first-order chi connectivity index (χ1) is 13.0. The second-order valence-electron chi connectivity index (χ2n) is 5.67. The molecule has 0 fully saturated rings. The lowest BCUT2D eigenvalue weighted by Crippen LogP contribution is -2.28. The van der Waals surface area contributed by atoms with Gasteiger partial charge in [-0.05, 0) is 43.3 Å². The van der Waals surface area contributed by atoms with Crippen LogP contribution in [0.5, 0.6) is 23.0 Å². The predicted molar refractivity (Wildman–Crippen MR) is 99.9 cm³/mol. The lowest BCUT2D eigenvalue weighted by Gasteiger charge is -2.13. The Bertz CT molecular complexity index is 818. The molecule has 1 amide bonds. The molecule has 0 unspecified atom stereocenters. The number of hydrogen-bond donors (Lipinski definition) is 1. The summed E-state index contributed by atoms with van der Waals surface area (Å²) in [4.78, 5) is 23.5. The summed E-state index contributed by atoms with van der Waals surface area (Å²) in [5.74, 6) is 1.72. The Morgan fingerprint density at radius 3 is 2.22 bits per heavy atom. The number of carbonyl (C=O) groups excluding carboxylic acids is 2. The maximum absolute atomic E-state index is 12.1. The molecule has 2 aromatic carbocycles. The topological polar surface area (TPSA) is 83.1 Å². The van der Waals surface area contributed by atoms with Gasteiger partial charge in [0.2, 0.25) is 0 Å². The van der Waals surface area contributed by atoms with Crippen LogP contribution in [-0.4, -0.2) is 39.6 Å². The van der Waals surface area contributed by atoms with E-state index in [1.807, 2.05) is 0 Å². The number of ether oxygens (including phenoxy) is 4. The Balaban J connectivity index is 1.96. The molecule has 0 aromatic heterocycles. The van der Waals surface area contributed by atoms with Crippen LogP contribution in [0.15, 0.2) is 36.4 Å². The van der Waals surface area contributed by atoms with E-state index in [1.54, 1.807) is 50.6 Å². The van der Waals surface area contributed by atoms with Crippen molar-refractivity contribution < 1.29 is 28.5 Å². The number of amides is 1. The van der Waals surface area contributed by atoms with Crippen molar-refractivity contribution in [3.05, 3.63) is 47.5 Å². The van der Waals surface area contributed by atoms with Gasteiger partial charge in [0.05, 0.1) is 21.3 Å². The number of rotatable bonds is 9. The standard InChI is InChI=1S/C20H23NO6/c1-13(22)14-5-7-18(19(10-14)26-4)27-12-20(23)21-11-15-9-16(24-2)6-8-17(15)25-3/h5-10H,11-12H2,1-4H3,(H,21,23). The van der Waals surface area contributed by atoms with Crippen LogP contribution in [0, 0.1) is 0 Å². The predicted octanol–water partition coefficient (Wildman–Crippen LogP) is 2.61. The van der Waals surface area contributed by atoms with Crippen LogP contribution in [0.2, 0.25) is 0 Å². The van der Waals surface area contributed by atoms with E-state index in [-0.39, 0.29) is 24.8 Å². The Morgan fingerprint density at radius 2 is 1.59 bits per heavy atom. The summed E-state index contributed by atoms with van der Waals surface area (Å²) in [6.07, 6.45) is 0. The molecule has 2 rings (SSSR count). The Hall–Kier alpha value is -3.22. The molecule has 7 heteroatoms. The molecule has 0 aliphatic carbocycles. The maximum Gasteiger partial charge on any atom is 0.258 e. The molecule has 0 bridgehead atoms. The average molecular weight is 373 g/mol. The highest BCUT2D eigenvalue weighted by molar-refractivity contribution is 5.94. The molecule has 2 aromatic rings. The molecular formula is C20H23NO6. The van der Waals surface area contributed by atoms with Crippen molar-refractivity contribution in [3.63, 3.8) is 0 Å². The van der Waals surface area contributed by atoms with Crippen LogP contribution >= 0.6 is 0 Å². The SMILES string of the molecule is COc1ccc(OC)c(CNC(=O)COc2ccc(C(C)=O)cc2OC)c1. The van der Waals surface area contributed by atoms with E-state index in [0.29, 0.717) is 28.6 Å². The first-order valence-electron chi connectivity index (χ1n) is 8.27. The third-order valence-electron chi connectivity index (χ3n) is 3.89. The number of carbonyl (C=O) groups is 2. The third kappa shape index (κ3) is 5.37. The molecule has 144 valence electrons. The summed E-state index contributed by atoms with van der Waals surface area (Å²) in [5.41, 5.74) is 1.29. The van der Waals surface area contributed by atoms with E-state index in [9.17, 15) is 9.59 Å². The van der Waals surface area contributed by atoms with Crippen molar-refractivity contribution >= 4 is 11.7 Å². The quantitative estimate of drug-likeness (QED) is 0.681. The van der Waals surface area contributed by atoms with Gasteiger partial charge < -0.3 is 24.3 Å². The maximum atomic E-state index is 12.1. The number of hydrogen-bond acceptors (Lipinski definition) is 6. The second kappa shape index (κ2) is 9.47. The number of nitrogens with one attached hydrogen (secondary N) is 1. The minimum absolute atomic E-state index is 0.0789. The lowest BCUT2D eigenvalue weighted by molar-refractivity contribution is -0.123. The zero-order valence-corrected chi connectivity index (χ0v) is 15.8. The lowest BCUT2D eigenvalue weighted by atomic mass is 10.1. The van der Waals surface area contributed by atoms with Crippen LogP contribution in [0.25, 0.3) is 0 Å². The van der Waals surface area contributed by atoms with Gasteiger partial charge in [-0.2, -0.15) is 0 Å². The summed E-state index contributed by atoms with van der Waals surface area (Å²) in [7, 11) is 4.61.